The normalized spacial score (nSPS) is 13.7. The molecule has 2 heterocycles. The van der Waals surface area contributed by atoms with Crippen LogP contribution >= 0.6 is 11.6 Å². The van der Waals surface area contributed by atoms with Crippen molar-refractivity contribution < 1.29 is 13.2 Å². The van der Waals surface area contributed by atoms with E-state index in [9.17, 15) is 8.42 Å². The molecule has 0 saturated heterocycles. The molecule has 1 fully saturated rings. The second-order valence-electron chi connectivity index (χ2n) is 8.28. The zero-order chi connectivity index (χ0) is 23.9. The summed E-state index contributed by atoms with van der Waals surface area (Å²) in [5.41, 5.74) is 3.26. The lowest BCUT2D eigenvalue weighted by Gasteiger charge is -2.09. The molecule has 1 saturated carbocycles. The highest BCUT2D eigenvalue weighted by Crippen LogP contribution is 2.42. The van der Waals surface area contributed by atoms with E-state index in [0.29, 0.717) is 40.6 Å². The summed E-state index contributed by atoms with van der Waals surface area (Å²) < 4.78 is 31.2. The Morgan fingerprint density at radius 3 is 2.56 bits per heavy atom. The molecule has 7 nitrogen and oxygen atoms in total. The lowest BCUT2D eigenvalue weighted by atomic mass is 10.1. The van der Waals surface area contributed by atoms with Gasteiger partial charge in [-0.25, -0.2) is 23.1 Å². The van der Waals surface area contributed by atoms with Crippen LogP contribution in [0.5, 0.6) is 5.75 Å². The Kier molecular flexibility index (Phi) is 5.87. The maximum absolute atomic E-state index is 11.9. The van der Waals surface area contributed by atoms with Crippen LogP contribution in [0.25, 0.3) is 28.5 Å². The van der Waals surface area contributed by atoms with Crippen molar-refractivity contribution in [3.8, 4) is 34.2 Å². The van der Waals surface area contributed by atoms with Crippen molar-refractivity contribution in [1.82, 2.24) is 19.7 Å². The fourth-order valence-electron chi connectivity index (χ4n) is 3.78. The Bertz CT molecular complexity index is 1460. The van der Waals surface area contributed by atoms with Gasteiger partial charge < -0.3 is 4.74 Å². The van der Waals surface area contributed by atoms with Gasteiger partial charge in [-0.05, 0) is 73.7 Å². The molecular formula is C25H23ClN4O3S. The summed E-state index contributed by atoms with van der Waals surface area (Å²) in [6.07, 6.45) is 5.27. The fraction of sp³-hybridized carbons (Fsp3) is 0.240. The average molecular weight is 495 g/mol. The number of nitrogens with zero attached hydrogens (tertiary/aromatic N) is 4. The SMILES string of the molecule is CCOc1cccc(-c2nc(-c3cc(C4CC4)cnc3Cl)n(-c3ccc(S(C)(=O)=O)cc3)n2)c1. The lowest BCUT2D eigenvalue weighted by Crippen LogP contribution is -2.03. The standard InChI is InChI=1S/C25H23ClN4O3S/c1-3-33-20-6-4-5-17(13-20)24-28-25(22-14-18(16-7-8-16)15-27-23(22)26)30(29-24)19-9-11-21(12-10-19)34(2,31)32/h4-6,9-16H,3,7-8H2,1-2H3. The first-order chi connectivity index (χ1) is 16.3. The van der Waals surface area contributed by atoms with Gasteiger partial charge in [-0.1, -0.05) is 23.7 Å². The smallest absolute Gasteiger partial charge is 0.182 e. The van der Waals surface area contributed by atoms with Gasteiger partial charge in [0.15, 0.2) is 21.5 Å². The third-order valence-corrected chi connectivity index (χ3v) is 7.10. The zero-order valence-electron chi connectivity index (χ0n) is 18.8. The van der Waals surface area contributed by atoms with Gasteiger partial charge in [-0.2, -0.15) is 0 Å². The van der Waals surface area contributed by atoms with Crippen LogP contribution in [0.15, 0.2) is 65.7 Å². The molecule has 0 amide bonds. The predicted octanol–water partition coefficient (Wildman–Crippen LogP) is 5.33. The van der Waals surface area contributed by atoms with E-state index in [2.05, 4.69) is 4.98 Å². The van der Waals surface area contributed by atoms with Crippen molar-refractivity contribution in [2.75, 3.05) is 12.9 Å². The number of halogens is 1. The van der Waals surface area contributed by atoms with Gasteiger partial charge in [0.2, 0.25) is 0 Å². The van der Waals surface area contributed by atoms with Crippen LogP contribution in [0, 0.1) is 0 Å². The topological polar surface area (TPSA) is 87.0 Å². The molecule has 34 heavy (non-hydrogen) atoms. The van der Waals surface area contributed by atoms with Crippen LogP contribution in [-0.2, 0) is 9.84 Å². The molecule has 1 aliphatic rings. The van der Waals surface area contributed by atoms with Gasteiger partial charge in [0.25, 0.3) is 0 Å². The number of pyridine rings is 1. The first-order valence-corrected chi connectivity index (χ1v) is 13.3. The van der Waals surface area contributed by atoms with E-state index in [1.165, 1.54) is 6.26 Å². The second-order valence-corrected chi connectivity index (χ2v) is 10.7. The lowest BCUT2D eigenvalue weighted by molar-refractivity contribution is 0.340. The molecule has 1 aliphatic carbocycles. The number of benzene rings is 2. The summed E-state index contributed by atoms with van der Waals surface area (Å²) in [6.45, 7) is 2.48. The third kappa shape index (κ3) is 4.56. The summed E-state index contributed by atoms with van der Waals surface area (Å²) in [5.74, 6) is 2.25. The first kappa shape index (κ1) is 22.6. The Labute approximate surface area is 203 Å². The molecule has 0 N–H and O–H groups in total. The Balaban J connectivity index is 1.67. The highest BCUT2D eigenvalue weighted by atomic mass is 35.5. The molecule has 0 bridgehead atoms. The van der Waals surface area contributed by atoms with Gasteiger partial charge in [-0.15, -0.1) is 5.10 Å². The molecule has 0 spiro atoms. The Morgan fingerprint density at radius 1 is 1.12 bits per heavy atom. The van der Waals surface area contributed by atoms with Gasteiger partial charge in [-0.3, -0.25) is 0 Å². The summed E-state index contributed by atoms with van der Waals surface area (Å²) in [4.78, 5) is 9.47. The number of sulfone groups is 1. The summed E-state index contributed by atoms with van der Waals surface area (Å²) in [7, 11) is -3.32. The van der Waals surface area contributed by atoms with E-state index >= 15 is 0 Å². The molecule has 4 aromatic rings. The minimum Gasteiger partial charge on any atom is -0.494 e. The van der Waals surface area contributed by atoms with Gasteiger partial charge in [0.05, 0.1) is 22.8 Å². The van der Waals surface area contributed by atoms with Crippen LogP contribution in [-0.4, -0.2) is 41.0 Å². The van der Waals surface area contributed by atoms with E-state index in [4.69, 9.17) is 26.4 Å². The molecule has 2 aromatic carbocycles. The minimum atomic E-state index is -3.32. The van der Waals surface area contributed by atoms with Gasteiger partial charge in [0.1, 0.15) is 10.9 Å². The highest BCUT2D eigenvalue weighted by Gasteiger charge is 2.26. The van der Waals surface area contributed by atoms with E-state index in [0.717, 1.165) is 29.7 Å². The molecule has 0 aliphatic heterocycles. The Morgan fingerprint density at radius 2 is 1.88 bits per heavy atom. The molecule has 0 unspecified atom stereocenters. The average Bonchev–Trinajstić information content (AvgIpc) is 3.57. The Hall–Kier alpha value is -3.23. The third-order valence-electron chi connectivity index (χ3n) is 5.67. The molecular weight excluding hydrogens is 472 g/mol. The van der Waals surface area contributed by atoms with E-state index in [-0.39, 0.29) is 4.90 Å². The van der Waals surface area contributed by atoms with Crippen molar-refractivity contribution >= 4 is 21.4 Å². The van der Waals surface area contributed by atoms with Crippen molar-refractivity contribution in [3.63, 3.8) is 0 Å². The minimum absolute atomic E-state index is 0.234. The molecule has 9 heteroatoms. The number of rotatable bonds is 7. The molecule has 174 valence electrons. The van der Waals surface area contributed by atoms with Crippen molar-refractivity contribution in [1.29, 1.82) is 0 Å². The number of ether oxygens (including phenoxy) is 1. The number of hydrogen-bond acceptors (Lipinski definition) is 6. The van der Waals surface area contributed by atoms with Gasteiger partial charge >= 0.3 is 0 Å². The van der Waals surface area contributed by atoms with Crippen LogP contribution < -0.4 is 4.74 Å². The summed E-state index contributed by atoms with van der Waals surface area (Å²) >= 11 is 6.53. The zero-order valence-corrected chi connectivity index (χ0v) is 20.3. The quantitative estimate of drug-likeness (QED) is 0.323. The number of hydrogen-bond donors (Lipinski definition) is 0. The molecule has 5 rings (SSSR count). The first-order valence-electron chi connectivity index (χ1n) is 11.0. The second kappa shape index (κ2) is 8.85. The maximum Gasteiger partial charge on any atom is 0.182 e. The summed E-state index contributed by atoms with van der Waals surface area (Å²) in [5, 5.41) is 5.10. The van der Waals surface area contributed by atoms with E-state index < -0.39 is 9.84 Å². The number of aromatic nitrogens is 4. The molecule has 2 aromatic heterocycles. The highest BCUT2D eigenvalue weighted by molar-refractivity contribution is 7.90. The van der Waals surface area contributed by atoms with Crippen LogP contribution in [0.4, 0.5) is 0 Å². The molecule has 0 radical (unpaired) electrons. The van der Waals surface area contributed by atoms with Crippen molar-refractivity contribution in [2.45, 2.75) is 30.6 Å². The maximum atomic E-state index is 11.9. The monoisotopic (exact) mass is 494 g/mol. The van der Waals surface area contributed by atoms with Crippen molar-refractivity contribution in [3.05, 3.63) is 71.5 Å². The van der Waals surface area contributed by atoms with E-state index in [1.54, 1.807) is 28.9 Å². The van der Waals surface area contributed by atoms with Gasteiger partial charge in [0, 0.05) is 18.0 Å². The van der Waals surface area contributed by atoms with Crippen LogP contribution in [0.3, 0.4) is 0 Å². The largest absolute Gasteiger partial charge is 0.494 e. The van der Waals surface area contributed by atoms with Crippen LogP contribution in [0.2, 0.25) is 5.15 Å². The van der Waals surface area contributed by atoms with E-state index in [1.807, 2.05) is 43.5 Å². The fourth-order valence-corrected chi connectivity index (χ4v) is 4.59. The van der Waals surface area contributed by atoms with Crippen molar-refractivity contribution in [2.24, 2.45) is 0 Å². The summed E-state index contributed by atoms with van der Waals surface area (Å²) in [6, 6.07) is 16.1. The van der Waals surface area contributed by atoms with Crippen LogP contribution in [0.1, 0.15) is 31.2 Å². The predicted molar refractivity (Wildman–Crippen MR) is 131 cm³/mol. The molecule has 0 atom stereocenters.